The predicted octanol–water partition coefficient (Wildman–Crippen LogP) is 4.53. The maximum Gasteiger partial charge on any atom is 0.328 e. The van der Waals surface area contributed by atoms with Gasteiger partial charge in [0.2, 0.25) is 0 Å². The molecular weight excluding hydrogens is 490 g/mol. The van der Waals surface area contributed by atoms with E-state index in [0.717, 1.165) is 47.0 Å². The molecule has 0 saturated carbocycles. The molecule has 8 nitrogen and oxygen atoms in total. The Kier molecular flexibility index (Phi) is 6.53. The summed E-state index contributed by atoms with van der Waals surface area (Å²) in [5.41, 5.74) is 4.22. The van der Waals surface area contributed by atoms with Crippen molar-refractivity contribution in [2.24, 2.45) is 5.92 Å². The summed E-state index contributed by atoms with van der Waals surface area (Å²) < 4.78 is 5.98. The number of para-hydroxylation sites is 1. The smallest absolute Gasteiger partial charge is 0.328 e. The van der Waals surface area contributed by atoms with Gasteiger partial charge < -0.3 is 14.5 Å². The number of anilines is 1. The Bertz CT molecular complexity index is 1380. The van der Waals surface area contributed by atoms with Gasteiger partial charge in [-0.25, -0.2) is 4.79 Å². The van der Waals surface area contributed by atoms with Gasteiger partial charge in [0.1, 0.15) is 30.0 Å². The second-order valence-corrected chi connectivity index (χ2v) is 11.0. The fourth-order valence-electron chi connectivity index (χ4n) is 6.04. The fourth-order valence-corrected chi connectivity index (χ4v) is 6.04. The number of imide groups is 1. The molecule has 3 aliphatic heterocycles. The van der Waals surface area contributed by atoms with Crippen molar-refractivity contribution >= 4 is 17.6 Å². The molecule has 3 amide bonds. The number of carbonyl (C=O) groups excluding carboxylic acids is 2. The Balaban J connectivity index is 1.25. The summed E-state index contributed by atoms with van der Waals surface area (Å²) in [5.74, 6) is 1.76. The number of fused-ring (bicyclic) bond motifs is 3. The molecule has 3 heterocycles. The van der Waals surface area contributed by atoms with E-state index < -0.39 is 12.2 Å². The van der Waals surface area contributed by atoms with Gasteiger partial charge in [-0.3, -0.25) is 19.9 Å². The van der Waals surface area contributed by atoms with E-state index in [1.165, 1.54) is 4.90 Å². The maximum absolute atomic E-state index is 13.9. The Labute approximate surface area is 229 Å². The SMILES string of the molecule is Cc1ccc(C)c(CN2C(=O)C3C(NC4N(c5ccc(Oc6ccccc6)cc5)CC(C)CN34)N(C)C2=O)c1. The number of hydrogen-bond donors (Lipinski definition) is 1. The summed E-state index contributed by atoms with van der Waals surface area (Å²) in [4.78, 5) is 35.0. The van der Waals surface area contributed by atoms with Crippen LogP contribution in [0.25, 0.3) is 0 Å². The van der Waals surface area contributed by atoms with Crippen LogP contribution in [0.5, 0.6) is 11.5 Å². The molecule has 4 atom stereocenters. The summed E-state index contributed by atoms with van der Waals surface area (Å²) in [6.45, 7) is 8.15. The first-order valence-corrected chi connectivity index (χ1v) is 13.6. The highest BCUT2D eigenvalue weighted by Gasteiger charge is 2.56. The van der Waals surface area contributed by atoms with Crippen molar-refractivity contribution in [2.45, 2.75) is 45.8 Å². The van der Waals surface area contributed by atoms with Crippen LogP contribution in [0.3, 0.4) is 0 Å². The van der Waals surface area contributed by atoms with Crippen LogP contribution in [0.15, 0.2) is 72.8 Å². The number of urea groups is 1. The van der Waals surface area contributed by atoms with Crippen molar-refractivity contribution in [1.29, 1.82) is 0 Å². The third kappa shape index (κ3) is 4.64. The Morgan fingerprint density at radius 2 is 1.64 bits per heavy atom. The van der Waals surface area contributed by atoms with Gasteiger partial charge in [-0.1, -0.05) is 48.9 Å². The minimum atomic E-state index is -0.450. The highest BCUT2D eigenvalue weighted by atomic mass is 16.5. The zero-order valence-electron chi connectivity index (χ0n) is 22.9. The number of benzene rings is 3. The van der Waals surface area contributed by atoms with E-state index in [9.17, 15) is 9.59 Å². The van der Waals surface area contributed by atoms with Crippen LogP contribution < -0.4 is 15.0 Å². The zero-order chi connectivity index (χ0) is 27.3. The number of amides is 3. The molecule has 0 spiro atoms. The molecule has 3 aromatic carbocycles. The largest absolute Gasteiger partial charge is 0.457 e. The Morgan fingerprint density at radius 1 is 0.923 bits per heavy atom. The highest BCUT2D eigenvalue weighted by molar-refractivity contribution is 6.00. The van der Waals surface area contributed by atoms with Crippen LogP contribution in [0.2, 0.25) is 0 Å². The summed E-state index contributed by atoms with van der Waals surface area (Å²) in [6, 6.07) is 23.2. The normalized spacial score (nSPS) is 25.1. The van der Waals surface area contributed by atoms with Crippen molar-refractivity contribution in [1.82, 2.24) is 20.0 Å². The van der Waals surface area contributed by atoms with Crippen LogP contribution >= 0.6 is 0 Å². The lowest BCUT2D eigenvalue weighted by Crippen LogP contribution is -2.66. The molecule has 3 aliphatic rings. The second-order valence-electron chi connectivity index (χ2n) is 11.0. The predicted molar refractivity (Wildman–Crippen MR) is 150 cm³/mol. The van der Waals surface area contributed by atoms with Gasteiger partial charge in [0, 0.05) is 25.8 Å². The van der Waals surface area contributed by atoms with E-state index in [0.29, 0.717) is 5.92 Å². The minimum Gasteiger partial charge on any atom is -0.457 e. The Morgan fingerprint density at radius 3 is 2.38 bits per heavy atom. The number of nitrogens with one attached hydrogen (secondary N) is 1. The van der Waals surface area contributed by atoms with Crippen molar-refractivity contribution in [2.75, 3.05) is 25.0 Å². The van der Waals surface area contributed by atoms with Crippen LogP contribution in [0.4, 0.5) is 10.5 Å². The zero-order valence-corrected chi connectivity index (χ0v) is 22.9. The third-order valence-corrected chi connectivity index (χ3v) is 8.07. The van der Waals surface area contributed by atoms with Gasteiger partial charge in [-0.05, 0) is 67.3 Å². The van der Waals surface area contributed by atoms with E-state index in [4.69, 9.17) is 4.74 Å². The molecule has 8 heteroatoms. The van der Waals surface area contributed by atoms with Gasteiger partial charge in [0.05, 0.1) is 6.54 Å². The van der Waals surface area contributed by atoms with E-state index in [2.05, 4.69) is 46.3 Å². The molecule has 0 aromatic heterocycles. The Hall–Kier alpha value is -3.88. The topological polar surface area (TPSA) is 68.4 Å². The first-order chi connectivity index (χ1) is 18.8. The number of likely N-dealkylation sites (N-methyl/N-ethyl adjacent to an activating group) is 1. The maximum atomic E-state index is 13.9. The van der Waals surface area contributed by atoms with Gasteiger partial charge >= 0.3 is 6.03 Å². The van der Waals surface area contributed by atoms with E-state index in [-0.39, 0.29) is 24.8 Å². The van der Waals surface area contributed by atoms with E-state index in [1.807, 2.05) is 62.4 Å². The van der Waals surface area contributed by atoms with Gasteiger partial charge in [-0.15, -0.1) is 0 Å². The number of nitrogens with zero attached hydrogens (tertiary/aromatic N) is 4. The molecular formula is C31H35N5O3. The molecule has 1 N–H and O–H groups in total. The molecule has 3 aromatic rings. The molecule has 202 valence electrons. The summed E-state index contributed by atoms with van der Waals surface area (Å²) in [7, 11) is 1.79. The highest BCUT2D eigenvalue weighted by Crippen LogP contribution is 2.36. The summed E-state index contributed by atoms with van der Waals surface area (Å²) in [5, 5.41) is 3.61. The van der Waals surface area contributed by atoms with Gasteiger partial charge in [-0.2, -0.15) is 0 Å². The molecule has 3 fully saturated rings. The summed E-state index contributed by atoms with van der Waals surface area (Å²) in [6.07, 6.45) is -0.588. The molecule has 4 unspecified atom stereocenters. The molecule has 0 radical (unpaired) electrons. The van der Waals surface area contributed by atoms with Gasteiger partial charge in [0.15, 0.2) is 0 Å². The minimum absolute atomic E-state index is 0.139. The number of carbonyl (C=O) groups is 2. The monoisotopic (exact) mass is 525 g/mol. The number of aryl methyl sites for hydroxylation is 2. The molecule has 3 saturated heterocycles. The quantitative estimate of drug-likeness (QED) is 0.528. The third-order valence-electron chi connectivity index (χ3n) is 8.07. The molecule has 6 rings (SSSR count). The van der Waals surface area contributed by atoms with Crippen LogP contribution in [0, 0.1) is 19.8 Å². The molecule has 39 heavy (non-hydrogen) atoms. The van der Waals surface area contributed by atoms with E-state index >= 15 is 0 Å². The first-order valence-electron chi connectivity index (χ1n) is 13.6. The van der Waals surface area contributed by atoms with Crippen molar-refractivity contribution in [3.63, 3.8) is 0 Å². The lowest BCUT2D eigenvalue weighted by atomic mass is 10.0. The van der Waals surface area contributed by atoms with Crippen molar-refractivity contribution in [3.8, 4) is 11.5 Å². The van der Waals surface area contributed by atoms with Crippen molar-refractivity contribution in [3.05, 3.63) is 89.5 Å². The number of ether oxygens (including phenoxy) is 1. The molecule has 0 aliphatic carbocycles. The van der Waals surface area contributed by atoms with E-state index in [1.54, 1.807) is 11.9 Å². The second kappa shape index (κ2) is 10.0. The average Bonchev–Trinajstić information content (AvgIpc) is 3.32. The van der Waals surface area contributed by atoms with Crippen LogP contribution in [0.1, 0.15) is 23.6 Å². The van der Waals surface area contributed by atoms with Crippen molar-refractivity contribution < 1.29 is 14.3 Å². The lowest BCUT2D eigenvalue weighted by molar-refractivity contribution is -0.139. The lowest BCUT2D eigenvalue weighted by Gasteiger charge is -2.46. The fraction of sp³-hybridized carbons (Fsp3) is 0.355. The van der Waals surface area contributed by atoms with Crippen LogP contribution in [-0.2, 0) is 11.3 Å². The van der Waals surface area contributed by atoms with Crippen LogP contribution in [-0.4, -0.2) is 65.3 Å². The number of rotatable bonds is 5. The standard InChI is InChI=1S/C31H35N5O3/c1-20-10-11-22(3)23(16-20)19-36-29(37)27-28(33(4)31(36)38)32-30-34(17-21(2)18-35(27)30)24-12-14-26(15-13-24)39-25-8-6-5-7-9-25/h5-16,21,27-28,30,32H,17-19H2,1-4H3. The average molecular weight is 526 g/mol. The summed E-state index contributed by atoms with van der Waals surface area (Å²) >= 11 is 0. The first kappa shape index (κ1) is 25.4. The van der Waals surface area contributed by atoms with Gasteiger partial charge in [0.25, 0.3) is 5.91 Å². The molecule has 0 bridgehead atoms. The number of hydrogen-bond acceptors (Lipinski definition) is 6.